The molecule has 0 fully saturated rings. The van der Waals surface area contributed by atoms with E-state index in [1.54, 1.807) is 11.3 Å². The van der Waals surface area contributed by atoms with Crippen LogP contribution in [0.4, 0.5) is 0 Å². The van der Waals surface area contributed by atoms with E-state index in [1.807, 2.05) is 0 Å². The summed E-state index contributed by atoms with van der Waals surface area (Å²) in [6, 6.07) is 2.20. The van der Waals surface area contributed by atoms with E-state index in [4.69, 9.17) is 5.73 Å². The fourth-order valence-corrected chi connectivity index (χ4v) is 2.91. The Balaban J connectivity index is 2.27. The first-order chi connectivity index (χ1) is 7.65. The number of thiophene rings is 1. The van der Waals surface area contributed by atoms with Gasteiger partial charge in [0.2, 0.25) is 0 Å². The van der Waals surface area contributed by atoms with Crippen LogP contribution >= 0.6 is 27.3 Å². The van der Waals surface area contributed by atoms with Crippen LogP contribution in [0.2, 0.25) is 0 Å². The van der Waals surface area contributed by atoms with Crippen molar-refractivity contribution in [2.75, 3.05) is 20.1 Å². The minimum absolute atomic E-state index is 0.677. The summed E-state index contributed by atoms with van der Waals surface area (Å²) in [5.41, 5.74) is 7.09. The van der Waals surface area contributed by atoms with E-state index in [1.165, 1.54) is 22.2 Å². The average molecular weight is 305 g/mol. The third-order valence-corrected chi connectivity index (χ3v) is 4.46. The molecule has 16 heavy (non-hydrogen) atoms. The highest BCUT2D eigenvalue weighted by molar-refractivity contribution is 9.11. The molecule has 0 bridgehead atoms. The zero-order valence-electron chi connectivity index (χ0n) is 10.1. The van der Waals surface area contributed by atoms with E-state index < -0.39 is 0 Å². The quantitative estimate of drug-likeness (QED) is 0.837. The predicted molar refractivity (Wildman–Crippen MR) is 75.8 cm³/mol. The van der Waals surface area contributed by atoms with E-state index in [0.717, 1.165) is 19.6 Å². The molecule has 4 heteroatoms. The van der Waals surface area contributed by atoms with Crippen LogP contribution in [0.1, 0.15) is 25.3 Å². The minimum Gasteiger partial charge on any atom is -0.330 e. The van der Waals surface area contributed by atoms with Gasteiger partial charge in [-0.1, -0.05) is 13.3 Å². The Labute approximate surface area is 111 Å². The molecule has 0 spiro atoms. The Hall–Kier alpha value is 0.100. The summed E-state index contributed by atoms with van der Waals surface area (Å²) in [5.74, 6) is 0.677. The van der Waals surface area contributed by atoms with Crippen LogP contribution in [-0.4, -0.2) is 25.0 Å². The van der Waals surface area contributed by atoms with Crippen molar-refractivity contribution in [3.8, 4) is 0 Å². The van der Waals surface area contributed by atoms with Crippen molar-refractivity contribution >= 4 is 27.3 Å². The maximum atomic E-state index is 5.70. The van der Waals surface area contributed by atoms with Gasteiger partial charge in [0.25, 0.3) is 0 Å². The van der Waals surface area contributed by atoms with Gasteiger partial charge < -0.3 is 10.6 Å². The summed E-state index contributed by atoms with van der Waals surface area (Å²) in [5, 5.41) is 2.21. The number of hydrogen-bond acceptors (Lipinski definition) is 3. The summed E-state index contributed by atoms with van der Waals surface area (Å²) in [7, 11) is 2.18. The van der Waals surface area contributed by atoms with Crippen molar-refractivity contribution in [2.24, 2.45) is 11.7 Å². The summed E-state index contributed by atoms with van der Waals surface area (Å²) >= 11 is 5.24. The molecule has 0 aliphatic carbocycles. The zero-order chi connectivity index (χ0) is 12.0. The lowest BCUT2D eigenvalue weighted by Gasteiger charge is -2.19. The zero-order valence-corrected chi connectivity index (χ0v) is 12.5. The Morgan fingerprint density at radius 3 is 2.81 bits per heavy atom. The smallest absolute Gasteiger partial charge is 0.0701 e. The highest BCUT2D eigenvalue weighted by atomic mass is 79.9. The highest BCUT2D eigenvalue weighted by Crippen LogP contribution is 2.21. The number of hydrogen-bond donors (Lipinski definition) is 1. The first-order valence-electron chi connectivity index (χ1n) is 5.77. The SMILES string of the molecule is CCC(CN)CCN(C)Cc1csc(Br)c1. The standard InChI is InChI=1S/C12H21BrN2S/c1-3-10(7-14)4-5-15(2)8-11-6-12(13)16-9-11/h6,9-10H,3-5,7-8,14H2,1-2H3. The summed E-state index contributed by atoms with van der Waals surface area (Å²) in [6.07, 6.45) is 2.39. The molecule has 1 aromatic rings. The van der Waals surface area contributed by atoms with Crippen LogP contribution in [0.15, 0.2) is 15.2 Å². The third-order valence-electron chi connectivity index (χ3n) is 2.90. The molecular weight excluding hydrogens is 284 g/mol. The lowest BCUT2D eigenvalue weighted by atomic mass is 10.0. The molecule has 1 aromatic heterocycles. The summed E-state index contributed by atoms with van der Waals surface area (Å²) < 4.78 is 1.21. The fraction of sp³-hybridized carbons (Fsp3) is 0.667. The lowest BCUT2D eigenvalue weighted by molar-refractivity contribution is 0.292. The van der Waals surface area contributed by atoms with Crippen LogP contribution < -0.4 is 5.73 Å². The molecule has 1 rings (SSSR count). The molecule has 0 aromatic carbocycles. The van der Waals surface area contributed by atoms with E-state index in [0.29, 0.717) is 5.92 Å². The predicted octanol–water partition coefficient (Wildman–Crippen LogP) is 3.32. The molecule has 1 heterocycles. The molecule has 0 radical (unpaired) electrons. The molecular formula is C12H21BrN2S. The van der Waals surface area contributed by atoms with Gasteiger partial charge in [-0.3, -0.25) is 0 Å². The highest BCUT2D eigenvalue weighted by Gasteiger charge is 2.07. The molecule has 0 saturated heterocycles. The molecule has 2 N–H and O–H groups in total. The van der Waals surface area contributed by atoms with Crippen molar-refractivity contribution in [3.63, 3.8) is 0 Å². The average Bonchev–Trinajstić information content (AvgIpc) is 2.65. The van der Waals surface area contributed by atoms with Crippen molar-refractivity contribution in [2.45, 2.75) is 26.3 Å². The maximum absolute atomic E-state index is 5.70. The summed E-state index contributed by atoms with van der Waals surface area (Å²) in [6.45, 7) is 5.19. The molecule has 0 aliphatic heterocycles. The molecule has 92 valence electrons. The Morgan fingerprint density at radius 2 is 2.31 bits per heavy atom. The first-order valence-corrected chi connectivity index (χ1v) is 7.44. The van der Waals surface area contributed by atoms with Gasteiger partial charge in [0, 0.05) is 6.54 Å². The van der Waals surface area contributed by atoms with Crippen molar-refractivity contribution < 1.29 is 0 Å². The number of nitrogens with zero attached hydrogens (tertiary/aromatic N) is 1. The second-order valence-electron chi connectivity index (χ2n) is 4.30. The van der Waals surface area contributed by atoms with Crippen LogP contribution in [0.5, 0.6) is 0 Å². The second kappa shape index (κ2) is 7.43. The van der Waals surface area contributed by atoms with E-state index in [-0.39, 0.29) is 0 Å². The van der Waals surface area contributed by atoms with E-state index in [2.05, 4.69) is 46.2 Å². The molecule has 0 saturated carbocycles. The monoisotopic (exact) mass is 304 g/mol. The van der Waals surface area contributed by atoms with Gasteiger partial charge in [0.1, 0.15) is 0 Å². The third kappa shape index (κ3) is 4.95. The second-order valence-corrected chi connectivity index (χ2v) is 6.59. The topological polar surface area (TPSA) is 29.3 Å². The minimum atomic E-state index is 0.677. The Kier molecular flexibility index (Phi) is 6.58. The number of halogens is 1. The molecule has 1 atom stereocenters. The van der Waals surface area contributed by atoms with Crippen LogP contribution in [0.25, 0.3) is 0 Å². The van der Waals surface area contributed by atoms with Gasteiger partial charge in [-0.2, -0.15) is 0 Å². The molecule has 0 aliphatic rings. The van der Waals surface area contributed by atoms with Crippen molar-refractivity contribution in [1.82, 2.24) is 4.90 Å². The number of rotatable bonds is 7. The van der Waals surface area contributed by atoms with Crippen molar-refractivity contribution in [1.29, 1.82) is 0 Å². The fourth-order valence-electron chi connectivity index (χ4n) is 1.71. The van der Waals surface area contributed by atoms with Gasteiger partial charge >= 0.3 is 0 Å². The van der Waals surface area contributed by atoms with Crippen LogP contribution in [-0.2, 0) is 6.54 Å². The van der Waals surface area contributed by atoms with Crippen LogP contribution in [0.3, 0.4) is 0 Å². The van der Waals surface area contributed by atoms with Gasteiger partial charge in [0.15, 0.2) is 0 Å². The van der Waals surface area contributed by atoms with Crippen LogP contribution in [0, 0.1) is 5.92 Å². The van der Waals surface area contributed by atoms with Gasteiger partial charge in [0.05, 0.1) is 3.79 Å². The normalized spacial score (nSPS) is 13.3. The molecule has 1 unspecified atom stereocenters. The van der Waals surface area contributed by atoms with Gasteiger partial charge in [-0.25, -0.2) is 0 Å². The largest absolute Gasteiger partial charge is 0.330 e. The lowest BCUT2D eigenvalue weighted by Crippen LogP contribution is -2.23. The molecule has 2 nitrogen and oxygen atoms in total. The Morgan fingerprint density at radius 1 is 1.56 bits per heavy atom. The van der Waals surface area contributed by atoms with Gasteiger partial charge in [-0.15, -0.1) is 11.3 Å². The van der Waals surface area contributed by atoms with Crippen molar-refractivity contribution in [3.05, 3.63) is 20.8 Å². The summed E-state index contributed by atoms with van der Waals surface area (Å²) in [4.78, 5) is 2.37. The van der Waals surface area contributed by atoms with E-state index >= 15 is 0 Å². The van der Waals surface area contributed by atoms with E-state index in [9.17, 15) is 0 Å². The first kappa shape index (κ1) is 14.2. The molecule has 0 amide bonds. The van der Waals surface area contributed by atoms with Gasteiger partial charge in [-0.05, 0) is 65.4 Å². The Bertz CT molecular complexity index is 297. The number of nitrogens with two attached hydrogens (primary N) is 1. The maximum Gasteiger partial charge on any atom is 0.0701 e.